The van der Waals surface area contributed by atoms with Gasteiger partial charge in [0.2, 0.25) is 0 Å². The van der Waals surface area contributed by atoms with Crippen molar-refractivity contribution in [2.24, 2.45) is 5.92 Å². The van der Waals surface area contributed by atoms with Crippen LogP contribution in [0.2, 0.25) is 0 Å². The molecular formula is C13H16N2O4. The molecule has 1 saturated heterocycles. The Kier molecular flexibility index (Phi) is 4.11. The van der Waals surface area contributed by atoms with Crippen molar-refractivity contribution < 1.29 is 14.8 Å². The Balaban J connectivity index is 2.02. The number of hydrogen-bond acceptors (Lipinski definition) is 4. The summed E-state index contributed by atoms with van der Waals surface area (Å²) >= 11 is 0. The predicted molar refractivity (Wildman–Crippen MR) is 68.7 cm³/mol. The zero-order valence-electron chi connectivity index (χ0n) is 10.5. The Morgan fingerprint density at radius 2 is 2.32 bits per heavy atom. The molecule has 2 rings (SSSR count). The maximum atomic E-state index is 11.0. The van der Waals surface area contributed by atoms with Crippen LogP contribution in [-0.2, 0) is 11.3 Å². The number of hydrogen-bond donors (Lipinski definition) is 1. The van der Waals surface area contributed by atoms with Crippen molar-refractivity contribution in [2.75, 3.05) is 13.1 Å². The first-order chi connectivity index (χ1) is 9.06. The van der Waals surface area contributed by atoms with Gasteiger partial charge in [0.25, 0.3) is 5.69 Å². The molecule has 1 heterocycles. The van der Waals surface area contributed by atoms with Gasteiger partial charge in [-0.15, -0.1) is 0 Å². The highest BCUT2D eigenvalue weighted by atomic mass is 16.6. The van der Waals surface area contributed by atoms with Gasteiger partial charge in [-0.1, -0.05) is 12.1 Å². The smallest absolute Gasteiger partial charge is 0.307 e. The van der Waals surface area contributed by atoms with Crippen molar-refractivity contribution in [1.82, 2.24) is 4.90 Å². The third-order valence-corrected chi connectivity index (χ3v) is 3.38. The molecule has 1 atom stereocenters. The summed E-state index contributed by atoms with van der Waals surface area (Å²) in [5.41, 5.74) is 0.921. The third kappa shape index (κ3) is 3.51. The van der Waals surface area contributed by atoms with Gasteiger partial charge in [0.15, 0.2) is 0 Å². The lowest BCUT2D eigenvalue weighted by Crippen LogP contribution is -2.38. The maximum absolute atomic E-state index is 11.0. The van der Waals surface area contributed by atoms with E-state index in [1.54, 1.807) is 12.1 Å². The highest BCUT2D eigenvalue weighted by Gasteiger charge is 2.25. The number of rotatable bonds is 4. The average Bonchev–Trinajstić information content (AvgIpc) is 2.39. The molecule has 0 unspecified atom stereocenters. The van der Waals surface area contributed by atoms with Crippen molar-refractivity contribution in [3.63, 3.8) is 0 Å². The maximum Gasteiger partial charge on any atom is 0.307 e. The first-order valence-electron chi connectivity index (χ1n) is 6.25. The van der Waals surface area contributed by atoms with Gasteiger partial charge in [-0.2, -0.15) is 0 Å². The minimum Gasteiger partial charge on any atom is -0.481 e. The topological polar surface area (TPSA) is 83.7 Å². The Bertz CT molecular complexity index is 489. The highest BCUT2D eigenvalue weighted by molar-refractivity contribution is 5.70. The molecule has 1 N–H and O–H groups in total. The lowest BCUT2D eigenvalue weighted by atomic mass is 9.98. The molecule has 1 aliphatic heterocycles. The first kappa shape index (κ1) is 13.5. The number of nitro benzene ring substituents is 1. The van der Waals surface area contributed by atoms with Crippen LogP contribution in [0, 0.1) is 16.0 Å². The second-order valence-electron chi connectivity index (χ2n) is 4.84. The molecule has 19 heavy (non-hydrogen) atoms. The van der Waals surface area contributed by atoms with Crippen LogP contribution in [0.1, 0.15) is 18.4 Å². The van der Waals surface area contributed by atoms with E-state index in [0.717, 1.165) is 18.5 Å². The number of benzene rings is 1. The molecule has 102 valence electrons. The Morgan fingerprint density at radius 3 is 3.00 bits per heavy atom. The van der Waals surface area contributed by atoms with Gasteiger partial charge < -0.3 is 5.11 Å². The van der Waals surface area contributed by atoms with Gasteiger partial charge in [-0.3, -0.25) is 19.8 Å². The third-order valence-electron chi connectivity index (χ3n) is 3.38. The number of piperidine rings is 1. The normalized spacial score (nSPS) is 20.1. The molecule has 0 spiro atoms. The highest BCUT2D eigenvalue weighted by Crippen LogP contribution is 2.20. The molecule has 0 saturated carbocycles. The number of carboxylic acids is 1. The number of carboxylic acid groups (broad SMARTS) is 1. The van der Waals surface area contributed by atoms with Crippen molar-refractivity contribution in [3.8, 4) is 0 Å². The van der Waals surface area contributed by atoms with Crippen LogP contribution in [0.15, 0.2) is 24.3 Å². The van der Waals surface area contributed by atoms with Gasteiger partial charge in [-0.25, -0.2) is 0 Å². The van der Waals surface area contributed by atoms with Crippen LogP contribution in [0.5, 0.6) is 0 Å². The van der Waals surface area contributed by atoms with Crippen LogP contribution in [0.25, 0.3) is 0 Å². The van der Waals surface area contributed by atoms with Gasteiger partial charge in [0, 0.05) is 25.2 Å². The standard InChI is InChI=1S/C13H16N2O4/c16-13(17)11-4-2-6-14(9-11)8-10-3-1-5-12(7-10)15(18)19/h1,3,5,7,11H,2,4,6,8-9H2,(H,16,17)/t11-/m0/s1. The molecule has 1 aromatic carbocycles. The van der Waals surface area contributed by atoms with Gasteiger partial charge in [0.1, 0.15) is 0 Å². The molecular weight excluding hydrogens is 248 g/mol. The van der Waals surface area contributed by atoms with E-state index >= 15 is 0 Å². The number of non-ortho nitro benzene ring substituents is 1. The van der Waals surface area contributed by atoms with Crippen molar-refractivity contribution in [1.29, 1.82) is 0 Å². The van der Waals surface area contributed by atoms with Crippen LogP contribution in [0.4, 0.5) is 5.69 Å². The minimum atomic E-state index is -0.760. The lowest BCUT2D eigenvalue weighted by molar-refractivity contribution is -0.384. The van der Waals surface area contributed by atoms with Crippen LogP contribution >= 0.6 is 0 Å². The summed E-state index contributed by atoms with van der Waals surface area (Å²) in [5.74, 6) is -1.09. The molecule has 0 aromatic heterocycles. The molecule has 0 amide bonds. The summed E-state index contributed by atoms with van der Waals surface area (Å²) in [6.45, 7) is 1.91. The zero-order chi connectivity index (χ0) is 13.8. The number of carbonyl (C=O) groups is 1. The van der Waals surface area contributed by atoms with E-state index in [-0.39, 0.29) is 11.6 Å². The van der Waals surface area contributed by atoms with E-state index in [1.165, 1.54) is 6.07 Å². The molecule has 0 aliphatic carbocycles. The van der Waals surface area contributed by atoms with Crippen molar-refractivity contribution in [2.45, 2.75) is 19.4 Å². The fourth-order valence-electron chi connectivity index (χ4n) is 2.43. The van der Waals surface area contributed by atoms with Crippen LogP contribution < -0.4 is 0 Å². The zero-order valence-corrected chi connectivity index (χ0v) is 10.5. The predicted octanol–water partition coefficient (Wildman–Crippen LogP) is 1.89. The molecule has 6 nitrogen and oxygen atoms in total. The first-order valence-corrected chi connectivity index (χ1v) is 6.25. The Morgan fingerprint density at radius 1 is 1.53 bits per heavy atom. The van der Waals surface area contributed by atoms with Crippen molar-refractivity contribution in [3.05, 3.63) is 39.9 Å². The van der Waals surface area contributed by atoms with E-state index in [9.17, 15) is 14.9 Å². The Labute approximate surface area is 110 Å². The van der Waals surface area contributed by atoms with E-state index in [1.807, 2.05) is 11.0 Å². The van der Waals surface area contributed by atoms with Crippen LogP contribution in [-0.4, -0.2) is 34.0 Å². The van der Waals surface area contributed by atoms with Crippen molar-refractivity contribution >= 4 is 11.7 Å². The monoisotopic (exact) mass is 264 g/mol. The lowest BCUT2D eigenvalue weighted by Gasteiger charge is -2.30. The second kappa shape index (κ2) is 5.79. The largest absolute Gasteiger partial charge is 0.481 e. The van der Waals surface area contributed by atoms with Crippen LogP contribution in [0.3, 0.4) is 0 Å². The quantitative estimate of drug-likeness (QED) is 0.663. The summed E-state index contributed by atoms with van der Waals surface area (Å²) in [5, 5.41) is 19.7. The molecule has 1 aromatic rings. The second-order valence-corrected chi connectivity index (χ2v) is 4.84. The number of aliphatic carboxylic acids is 1. The molecule has 1 fully saturated rings. The number of nitrogens with zero attached hydrogens (tertiary/aromatic N) is 2. The summed E-state index contributed by atoms with van der Waals surface area (Å²) in [6, 6.07) is 6.49. The SMILES string of the molecule is O=C(O)[C@H]1CCCN(Cc2cccc([N+](=O)[O-])c2)C1. The molecule has 6 heteroatoms. The molecule has 0 bridgehead atoms. The van der Waals surface area contributed by atoms with E-state index < -0.39 is 10.9 Å². The molecule has 0 radical (unpaired) electrons. The van der Waals surface area contributed by atoms with Gasteiger partial charge in [0.05, 0.1) is 10.8 Å². The minimum absolute atomic E-state index is 0.0734. The number of likely N-dealkylation sites (tertiary alicyclic amines) is 1. The Hall–Kier alpha value is -1.95. The van der Waals surface area contributed by atoms with Gasteiger partial charge >= 0.3 is 5.97 Å². The fourth-order valence-corrected chi connectivity index (χ4v) is 2.43. The van der Waals surface area contributed by atoms with E-state index in [0.29, 0.717) is 19.5 Å². The van der Waals surface area contributed by atoms with Gasteiger partial charge in [-0.05, 0) is 24.9 Å². The average molecular weight is 264 g/mol. The van der Waals surface area contributed by atoms with E-state index in [2.05, 4.69) is 0 Å². The summed E-state index contributed by atoms with van der Waals surface area (Å²) in [6.07, 6.45) is 1.56. The fraction of sp³-hybridized carbons (Fsp3) is 0.462. The number of nitro groups is 1. The summed E-state index contributed by atoms with van der Waals surface area (Å²) in [4.78, 5) is 23.3. The summed E-state index contributed by atoms with van der Waals surface area (Å²) in [7, 11) is 0. The molecule has 1 aliphatic rings. The van der Waals surface area contributed by atoms with E-state index in [4.69, 9.17) is 5.11 Å². The summed E-state index contributed by atoms with van der Waals surface area (Å²) < 4.78 is 0.